The van der Waals surface area contributed by atoms with Gasteiger partial charge in [-0.1, -0.05) is 12.1 Å². The Morgan fingerprint density at radius 2 is 1.90 bits per heavy atom. The first-order valence-electron chi connectivity index (χ1n) is 10.2. The Bertz CT molecular complexity index is 887. The second-order valence-corrected chi connectivity index (χ2v) is 6.99. The Balaban J connectivity index is 1.71. The predicted molar refractivity (Wildman–Crippen MR) is 116 cm³/mol. The van der Waals surface area contributed by atoms with Gasteiger partial charge in [0.05, 0.1) is 19.3 Å². The minimum atomic E-state index is -2.93. The van der Waals surface area contributed by atoms with Crippen LogP contribution in [0, 0.1) is 0 Å². The molecule has 0 aliphatic carbocycles. The Kier molecular flexibility index (Phi) is 7.75. The number of aliphatic imine (C=N–C) groups is 1. The number of methoxy groups -OCH3 is 1. The highest BCUT2D eigenvalue weighted by Crippen LogP contribution is 2.28. The number of para-hydroxylation sites is 2. The van der Waals surface area contributed by atoms with E-state index in [1.165, 1.54) is 13.2 Å². The van der Waals surface area contributed by atoms with E-state index < -0.39 is 6.61 Å². The van der Waals surface area contributed by atoms with Crippen LogP contribution in [0.1, 0.15) is 12.5 Å². The summed E-state index contributed by atoms with van der Waals surface area (Å²) in [5.41, 5.74) is 1.36. The first-order chi connectivity index (χ1) is 15.0. The van der Waals surface area contributed by atoms with Crippen LogP contribution < -0.4 is 19.7 Å². The quantitative estimate of drug-likeness (QED) is 0.515. The van der Waals surface area contributed by atoms with E-state index in [1.807, 2.05) is 19.1 Å². The molecule has 0 saturated carbocycles. The fraction of sp³-hybridized carbons (Fsp3) is 0.409. The minimum absolute atomic E-state index is 0.0540. The van der Waals surface area contributed by atoms with E-state index in [4.69, 9.17) is 4.74 Å². The topological polar surface area (TPSA) is 69.6 Å². The molecular formula is C22H28F2N4O3. The van der Waals surface area contributed by atoms with Crippen LogP contribution in [-0.4, -0.2) is 62.4 Å². The molecule has 0 bridgehead atoms. The van der Waals surface area contributed by atoms with Crippen molar-refractivity contribution in [1.29, 1.82) is 0 Å². The van der Waals surface area contributed by atoms with Crippen molar-refractivity contribution in [2.75, 3.05) is 44.7 Å². The zero-order chi connectivity index (χ0) is 22.2. The van der Waals surface area contributed by atoms with Crippen molar-refractivity contribution < 1.29 is 23.4 Å². The van der Waals surface area contributed by atoms with Crippen LogP contribution in [0.25, 0.3) is 0 Å². The molecule has 1 aliphatic heterocycles. The van der Waals surface area contributed by atoms with Crippen molar-refractivity contribution in [1.82, 2.24) is 10.2 Å². The molecule has 1 saturated heterocycles. The van der Waals surface area contributed by atoms with Crippen LogP contribution in [0.2, 0.25) is 0 Å². The van der Waals surface area contributed by atoms with Gasteiger partial charge in [-0.3, -0.25) is 0 Å². The molecule has 0 spiro atoms. The third-order valence-corrected chi connectivity index (χ3v) is 5.03. The van der Waals surface area contributed by atoms with Crippen molar-refractivity contribution in [2.45, 2.75) is 20.1 Å². The molecule has 31 heavy (non-hydrogen) atoms. The Hall–Kier alpha value is -3.23. The van der Waals surface area contributed by atoms with E-state index in [0.717, 1.165) is 18.8 Å². The number of anilines is 1. The van der Waals surface area contributed by atoms with Gasteiger partial charge in [-0.15, -0.1) is 0 Å². The number of guanidine groups is 1. The smallest absolute Gasteiger partial charge is 0.387 e. The lowest BCUT2D eigenvalue weighted by molar-refractivity contribution is -0.0505. The Labute approximate surface area is 180 Å². The number of alkyl halides is 2. The molecule has 0 amide bonds. The van der Waals surface area contributed by atoms with Gasteiger partial charge in [0.2, 0.25) is 0 Å². The van der Waals surface area contributed by atoms with Gasteiger partial charge in [-0.05, 0) is 31.2 Å². The van der Waals surface area contributed by atoms with Crippen molar-refractivity contribution in [3.05, 3.63) is 48.0 Å². The molecule has 1 aliphatic rings. The number of aromatic hydroxyl groups is 1. The van der Waals surface area contributed by atoms with Gasteiger partial charge in [0, 0.05) is 44.4 Å². The third kappa shape index (κ3) is 5.90. The zero-order valence-electron chi connectivity index (χ0n) is 17.7. The van der Waals surface area contributed by atoms with E-state index in [0.29, 0.717) is 36.9 Å². The lowest BCUT2D eigenvalue weighted by Gasteiger charge is -2.37. The van der Waals surface area contributed by atoms with Crippen LogP contribution in [0.15, 0.2) is 47.5 Å². The van der Waals surface area contributed by atoms with Gasteiger partial charge in [-0.2, -0.15) is 8.78 Å². The van der Waals surface area contributed by atoms with E-state index >= 15 is 0 Å². The van der Waals surface area contributed by atoms with E-state index in [9.17, 15) is 13.9 Å². The summed E-state index contributed by atoms with van der Waals surface area (Å²) in [4.78, 5) is 8.90. The maximum Gasteiger partial charge on any atom is 0.387 e. The molecule has 7 nitrogen and oxygen atoms in total. The number of nitrogens with zero attached hydrogens (tertiary/aromatic N) is 3. The number of phenolic OH excluding ortho intramolecular Hbond substituents is 1. The highest BCUT2D eigenvalue weighted by Gasteiger charge is 2.21. The molecule has 0 aromatic heterocycles. The van der Waals surface area contributed by atoms with E-state index in [-0.39, 0.29) is 18.0 Å². The molecule has 0 radical (unpaired) electrons. The number of hydrogen-bond donors (Lipinski definition) is 2. The van der Waals surface area contributed by atoms with Crippen LogP contribution in [-0.2, 0) is 6.54 Å². The fourth-order valence-electron chi connectivity index (χ4n) is 3.47. The summed E-state index contributed by atoms with van der Waals surface area (Å²) in [5, 5.41) is 13.4. The van der Waals surface area contributed by atoms with Crippen LogP contribution in [0.5, 0.6) is 17.2 Å². The average molecular weight is 434 g/mol. The molecular weight excluding hydrogens is 406 g/mol. The molecule has 2 aromatic rings. The number of piperazine rings is 1. The molecule has 2 aromatic carbocycles. The van der Waals surface area contributed by atoms with Crippen LogP contribution in [0.3, 0.4) is 0 Å². The largest absolute Gasteiger partial charge is 0.506 e. The lowest BCUT2D eigenvalue weighted by atomic mass is 10.2. The summed E-state index contributed by atoms with van der Waals surface area (Å²) < 4.78 is 35.4. The van der Waals surface area contributed by atoms with Crippen molar-refractivity contribution in [3.8, 4) is 17.2 Å². The first-order valence-corrected chi connectivity index (χ1v) is 10.2. The second kappa shape index (κ2) is 10.7. The van der Waals surface area contributed by atoms with Gasteiger partial charge >= 0.3 is 6.61 Å². The van der Waals surface area contributed by atoms with Gasteiger partial charge in [0.15, 0.2) is 5.96 Å². The van der Waals surface area contributed by atoms with E-state index in [1.54, 1.807) is 24.3 Å². The average Bonchev–Trinajstić information content (AvgIpc) is 2.77. The van der Waals surface area contributed by atoms with Crippen molar-refractivity contribution in [3.63, 3.8) is 0 Å². The summed E-state index contributed by atoms with van der Waals surface area (Å²) >= 11 is 0. The number of benzene rings is 2. The number of nitrogens with one attached hydrogen (secondary N) is 1. The standard InChI is InChI=1S/C22H28F2N4O3/c1-3-25-22(26-15-16-8-9-17(30-2)14-20(16)31-21(23)24)28-12-10-27(11-13-28)18-6-4-5-7-19(18)29/h4-9,14,21,29H,3,10-13,15H2,1-2H3,(H,25,26). The molecule has 3 rings (SSSR count). The van der Waals surface area contributed by atoms with Crippen LogP contribution >= 0.6 is 0 Å². The summed E-state index contributed by atoms with van der Waals surface area (Å²) in [7, 11) is 1.47. The molecule has 168 valence electrons. The highest BCUT2D eigenvalue weighted by atomic mass is 19.3. The van der Waals surface area contributed by atoms with E-state index in [2.05, 4.69) is 24.8 Å². The van der Waals surface area contributed by atoms with Gasteiger partial charge < -0.3 is 29.7 Å². The van der Waals surface area contributed by atoms with Gasteiger partial charge in [0.1, 0.15) is 17.2 Å². The monoisotopic (exact) mass is 434 g/mol. The first kappa shape index (κ1) is 22.5. The fourth-order valence-corrected chi connectivity index (χ4v) is 3.47. The molecule has 0 atom stereocenters. The Morgan fingerprint density at radius 1 is 1.16 bits per heavy atom. The third-order valence-electron chi connectivity index (χ3n) is 5.03. The number of ether oxygens (including phenoxy) is 2. The molecule has 1 heterocycles. The highest BCUT2D eigenvalue weighted by molar-refractivity contribution is 5.80. The number of halogens is 2. The Morgan fingerprint density at radius 3 is 2.55 bits per heavy atom. The molecule has 9 heteroatoms. The van der Waals surface area contributed by atoms with Crippen molar-refractivity contribution in [2.24, 2.45) is 4.99 Å². The number of phenols is 1. The zero-order valence-corrected chi connectivity index (χ0v) is 17.7. The summed E-state index contributed by atoms with van der Waals surface area (Å²) in [6.07, 6.45) is 0. The van der Waals surface area contributed by atoms with Gasteiger partial charge in [-0.25, -0.2) is 4.99 Å². The lowest BCUT2D eigenvalue weighted by Crippen LogP contribution is -2.52. The molecule has 0 unspecified atom stereocenters. The van der Waals surface area contributed by atoms with Crippen LogP contribution in [0.4, 0.5) is 14.5 Å². The maximum atomic E-state index is 12.8. The predicted octanol–water partition coefficient (Wildman–Crippen LogP) is 3.29. The van der Waals surface area contributed by atoms with Crippen molar-refractivity contribution >= 4 is 11.6 Å². The summed E-state index contributed by atoms with van der Waals surface area (Å²) in [6, 6.07) is 12.1. The molecule has 1 fully saturated rings. The number of rotatable bonds is 7. The molecule has 2 N–H and O–H groups in total. The minimum Gasteiger partial charge on any atom is -0.506 e. The summed E-state index contributed by atoms with van der Waals surface area (Å²) in [6.45, 7) is 2.80. The number of hydrogen-bond acceptors (Lipinski definition) is 5. The maximum absolute atomic E-state index is 12.8. The normalized spacial score (nSPS) is 14.7. The summed E-state index contributed by atoms with van der Waals surface area (Å²) in [5.74, 6) is 1.47. The second-order valence-electron chi connectivity index (χ2n) is 6.99. The van der Waals surface area contributed by atoms with Gasteiger partial charge in [0.25, 0.3) is 0 Å². The SMILES string of the molecule is CCNC(=NCc1ccc(OC)cc1OC(F)F)N1CCN(c2ccccc2O)CC1.